The summed E-state index contributed by atoms with van der Waals surface area (Å²) in [6, 6.07) is 9.42. The van der Waals surface area contributed by atoms with Gasteiger partial charge in [-0.15, -0.1) is 0 Å². The van der Waals surface area contributed by atoms with Crippen molar-refractivity contribution in [1.82, 2.24) is 30.0 Å². The lowest BCUT2D eigenvalue weighted by atomic mass is 10.0. The molecule has 0 radical (unpaired) electrons. The van der Waals surface area contributed by atoms with E-state index in [1.807, 2.05) is 30.3 Å². The Bertz CT molecular complexity index is 988. The van der Waals surface area contributed by atoms with E-state index in [0.717, 1.165) is 5.69 Å². The van der Waals surface area contributed by atoms with Crippen LogP contribution in [0.25, 0.3) is 11.6 Å². The summed E-state index contributed by atoms with van der Waals surface area (Å²) in [4.78, 5) is 19.7. The maximum Gasteiger partial charge on any atom is 0.401 e. The maximum absolute atomic E-state index is 12.4. The third kappa shape index (κ3) is 4.26. The van der Waals surface area contributed by atoms with Crippen LogP contribution in [0.5, 0.6) is 0 Å². The monoisotopic (exact) mass is 406 g/mol. The van der Waals surface area contributed by atoms with Crippen LogP contribution in [0.4, 0.5) is 30.8 Å². The Hall–Kier alpha value is -3.28. The van der Waals surface area contributed by atoms with Gasteiger partial charge in [-0.05, 0) is 12.1 Å². The highest BCUT2D eigenvalue weighted by Gasteiger charge is 2.39. The summed E-state index contributed by atoms with van der Waals surface area (Å²) >= 11 is 0. The van der Waals surface area contributed by atoms with Crippen molar-refractivity contribution in [3.63, 3.8) is 0 Å². The Kier molecular flexibility index (Phi) is 4.78. The molecule has 1 saturated heterocycles. The molecule has 1 aromatic carbocycles. The Morgan fingerprint density at radius 2 is 1.83 bits per heavy atom. The SMILES string of the molecule is CN(c1ccccc1)c1nc(N)nc(-c2noc(C3CN(CC(F)(F)F)C3)n2)n1. The Labute approximate surface area is 163 Å². The molecule has 0 amide bonds. The van der Waals surface area contributed by atoms with Gasteiger partial charge in [0.2, 0.25) is 29.4 Å². The van der Waals surface area contributed by atoms with Crippen molar-refractivity contribution in [2.75, 3.05) is 37.3 Å². The first-order valence-electron chi connectivity index (χ1n) is 8.72. The van der Waals surface area contributed by atoms with Crippen molar-refractivity contribution < 1.29 is 17.7 Å². The van der Waals surface area contributed by atoms with Gasteiger partial charge < -0.3 is 15.2 Å². The summed E-state index contributed by atoms with van der Waals surface area (Å²) in [5, 5.41) is 3.85. The minimum absolute atomic E-state index is 0.0147. The first-order chi connectivity index (χ1) is 13.8. The highest BCUT2D eigenvalue weighted by molar-refractivity contribution is 5.58. The van der Waals surface area contributed by atoms with Gasteiger partial charge in [-0.25, -0.2) is 0 Å². The van der Waals surface area contributed by atoms with Crippen molar-refractivity contribution in [2.24, 2.45) is 0 Å². The Balaban J connectivity index is 1.51. The van der Waals surface area contributed by atoms with E-state index in [9.17, 15) is 13.2 Å². The minimum atomic E-state index is -4.23. The second-order valence-corrected chi connectivity index (χ2v) is 6.67. The number of benzene rings is 1. The largest absolute Gasteiger partial charge is 0.401 e. The molecule has 3 heterocycles. The lowest BCUT2D eigenvalue weighted by molar-refractivity contribution is -0.155. The van der Waals surface area contributed by atoms with Crippen LogP contribution >= 0.6 is 0 Å². The number of aromatic nitrogens is 5. The molecule has 0 saturated carbocycles. The second kappa shape index (κ2) is 7.28. The predicted molar refractivity (Wildman–Crippen MR) is 97.3 cm³/mol. The van der Waals surface area contributed by atoms with E-state index in [-0.39, 0.29) is 42.5 Å². The van der Waals surface area contributed by atoms with E-state index in [0.29, 0.717) is 5.95 Å². The molecule has 12 heteroatoms. The van der Waals surface area contributed by atoms with Crippen molar-refractivity contribution in [2.45, 2.75) is 12.1 Å². The molecule has 0 spiro atoms. The van der Waals surface area contributed by atoms with E-state index in [4.69, 9.17) is 10.3 Å². The highest BCUT2D eigenvalue weighted by atomic mass is 19.4. The van der Waals surface area contributed by atoms with Gasteiger partial charge in [0.25, 0.3) is 0 Å². The fourth-order valence-electron chi connectivity index (χ4n) is 3.00. The number of para-hydroxylation sites is 1. The molecule has 4 rings (SSSR count). The molecule has 0 unspecified atom stereocenters. The normalized spacial score (nSPS) is 15.3. The number of nitrogens with zero attached hydrogens (tertiary/aromatic N) is 7. The molecule has 9 nitrogen and oxygen atoms in total. The van der Waals surface area contributed by atoms with Crippen molar-refractivity contribution in [1.29, 1.82) is 0 Å². The zero-order valence-electron chi connectivity index (χ0n) is 15.3. The van der Waals surface area contributed by atoms with Gasteiger partial charge in [0.15, 0.2) is 0 Å². The van der Waals surface area contributed by atoms with Crippen LogP contribution in [-0.2, 0) is 0 Å². The Morgan fingerprint density at radius 1 is 1.10 bits per heavy atom. The molecule has 2 N–H and O–H groups in total. The number of hydrogen-bond acceptors (Lipinski definition) is 9. The molecule has 1 aliphatic rings. The van der Waals surface area contributed by atoms with E-state index < -0.39 is 12.7 Å². The summed E-state index contributed by atoms with van der Waals surface area (Å²) in [5.74, 6) is 0.492. The first-order valence-corrected chi connectivity index (χ1v) is 8.72. The van der Waals surface area contributed by atoms with Crippen LogP contribution in [0.1, 0.15) is 11.8 Å². The predicted octanol–water partition coefficient (Wildman–Crippen LogP) is 2.23. The van der Waals surface area contributed by atoms with E-state index in [2.05, 4.69) is 25.1 Å². The zero-order chi connectivity index (χ0) is 20.6. The number of likely N-dealkylation sites (tertiary alicyclic amines) is 1. The molecule has 1 fully saturated rings. The maximum atomic E-state index is 12.4. The molecule has 29 heavy (non-hydrogen) atoms. The van der Waals surface area contributed by atoms with Crippen LogP contribution in [0, 0.1) is 0 Å². The highest BCUT2D eigenvalue weighted by Crippen LogP contribution is 2.30. The van der Waals surface area contributed by atoms with Gasteiger partial charge >= 0.3 is 6.18 Å². The van der Waals surface area contributed by atoms with Gasteiger partial charge in [-0.2, -0.15) is 33.1 Å². The summed E-state index contributed by atoms with van der Waals surface area (Å²) in [6.45, 7) is -0.561. The molecular formula is C17H17F3N8O. The third-order valence-electron chi connectivity index (χ3n) is 4.44. The van der Waals surface area contributed by atoms with Crippen LogP contribution < -0.4 is 10.6 Å². The topological polar surface area (TPSA) is 110 Å². The molecular weight excluding hydrogens is 389 g/mol. The number of alkyl halides is 3. The van der Waals surface area contributed by atoms with Crippen LogP contribution in [0.15, 0.2) is 34.9 Å². The van der Waals surface area contributed by atoms with E-state index in [1.165, 1.54) is 4.90 Å². The molecule has 0 aliphatic carbocycles. The number of rotatable bonds is 5. The molecule has 0 bridgehead atoms. The Morgan fingerprint density at radius 3 is 2.52 bits per heavy atom. The van der Waals surface area contributed by atoms with E-state index >= 15 is 0 Å². The van der Waals surface area contributed by atoms with Gasteiger partial charge in [0.1, 0.15) is 0 Å². The zero-order valence-corrected chi connectivity index (χ0v) is 15.3. The number of anilines is 3. The number of hydrogen-bond donors (Lipinski definition) is 1. The van der Waals surface area contributed by atoms with Crippen LogP contribution in [0.2, 0.25) is 0 Å². The van der Waals surface area contributed by atoms with Crippen molar-refractivity contribution in [3.8, 4) is 11.6 Å². The van der Waals surface area contributed by atoms with Gasteiger partial charge in [0, 0.05) is 25.8 Å². The second-order valence-electron chi connectivity index (χ2n) is 6.67. The van der Waals surface area contributed by atoms with Gasteiger partial charge in [-0.1, -0.05) is 23.4 Å². The smallest absolute Gasteiger partial charge is 0.368 e. The summed E-state index contributed by atoms with van der Waals surface area (Å²) in [5.41, 5.74) is 6.65. The average Bonchev–Trinajstić information content (AvgIpc) is 3.13. The number of nitrogen functional groups attached to an aromatic ring is 1. The third-order valence-corrected chi connectivity index (χ3v) is 4.44. The van der Waals surface area contributed by atoms with Gasteiger partial charge in [-0.3, -0.25) is 4.90 Å². The molecule has 0 atom stereocenters. The molecule has 152 valence electrons. The first kappa shape index (κ1) is 19.1. The average molecular weight is 406 g/mol. The lowest BCUT2D eigenvalue weighted by Gasteiger charge is -2.37. The number of nitrogens with two attached hydrogens (primary N) is 1. The van der Waals surface area contributed by atoms with E-state index in [1.54, 1.807) is 11.9 Å². The fourth-order valence-corrected chi connectivity index (χ4v) is 3.00. The van der Waals surface area contributed by atoms with Crippen LogP contribution in [-0.4, -0.2) is 62.9 Å². The van der Waals surface area contributed by atoms with Crippen molar-refractivity contribution >= 4 is 17.6 Å². The molecule has 1 aliphatic heterocycles. The summed E-state index contributed by atoms with van der Waals surface area (Å²) in [7, 11) is 1.78. The number of halogens is 3. The standard InChI is InChI=1S/C17H17F3N8O/c1-27(11-5-3-2-4-6-11)16-24-12(23-15(21)25-16)13-22-14(29-26-13)10-7-28(8-10)9-17(18,19)20/h2-6,10H,7-9H2,1H3,(H2,21,23,24,25). The van der Waals surface area contributed by atoms with Gasteiger partial charge in [0.05, 0.1) is 12.5 Å². The van der Waals surface area contributed by atoms with Crippen LogP contribution in [0.3, 0.4) is 0 Å². The minimum Gasteiger partial charge on any atom is -0.368 e. The summed E-state index contributed by atoms with van der Waals surface area (Å²) < 4.78 is 42.4. The fraction of sp³-hybridized carbons (Fsp3) is 0.353. The summed E-state index contributed by atoms with van der Waals surface area (Å²) in [6.07, 6.45) is -4.23. The van der Waals surface area contributed by atoms with Crippen molar-refractivity contribution in [3.05, 3.63) is 36.2 Å². The molecule has 3 aromatic rings. The quantitative estimate of drug-likeness (QED) is 0.682. The molecule has 2 aromatic heterocycles. The lowest BCUT2D eigenvalue weighted by Crippen LogP contribution is -2.49.